The summed E-state index contributed by atoms with van der Waals surface area (Å²) in [6.45, 7) is 0. The molecule has 2 N–H and O–H groups in total. The largest absolute Gasteiger partial charge is 0.464 e. The van der Waals surface area contributed by atoms with Gasteiger partial charge in [0.1, 0.15) is 11.5 Å². The number of nitrogens with zero attached hydrogens (tertiary/aromatic N) is 2. The first-order valence-corrected chi connectivity index (χ1v) is 11.0. The molecule has 11 heteroatoms. The fourth-order valence-electron chi connectivity index (χ4n) is 4.22. The van der Waals surface area contributed by atoms with Crippen LogP contribution in [0.2, 0.25) is 0 Å². The number of carbonyl (C=O) groups excluding carboxylic acids is 2. The number of hydrogen-bond donors (Lipinski definition) is 2. The van der Waals surface area contributed by atoms with Gasteiger partial charge in [0.25, 0.3) is 10.0 Å². The Labute approximate surface area is 172 Å². The van der Waals surface area contributed by atoms with Crippen molar-refractivity contribution in [3.63, 3.8) is 0 Å². The molecule has 0 saturated carbocycles. The van der Waals surface area contributed by atoms with Crippen molar-refractivity contribution in [3.8, 4) is 0 Å². The second-order valence-corrected chi connectivity index (χ2v) is 8.98. The van der Waals surface area contributed by atoms with Gasteiger partial charge in [0.2, 0.25) is 0 Å². The Morgan fingerprint density at radius 1 is 1.10 bits per heavy atom. The maximum absolute atomic E-state index is 14.7. The molecule has 30 heavy (non-hydrogen) atoms. The van der Waals surface area contributed by atoms with Crippen LogP contribution in [-0.2, 0) is 47.5 Å². The van der Waals surface area contributed by atoms with Gasteiger partial charge in [-0.2, -0.15) is 13.5 Å². The van der Waals surface area contributed by atoms with Gasteiger partial charge in [-0.3, -0.25) is 4.68 Å². The highest BCUT2D eigenvalue weighted by Crippen LogP contribution is 2.40. The van der Waals surface area contributed by atoms with E-state index in [0.29, 0.717) is 42.5 Å². The number of ether oxygens (including phenoxy) is 1. The van der Waals surface area contributed by atoms with Gasteiger partial charge in [0, 0.05) is 18.8 Å². The fourth-order valence-corrected chi connectivity index (χ4v) is 5.12. The van der Waals surface area contributed by atoms with Crippen molar-refractivity contribution in [2.24, 2.45) is 7.05 Å². The quantitative estimate of drug-likeness (QED) is 0.706. The molecule has 1 aromatic carbocycles. The lowest BCUT2D eigenvalue weighted by molar-refractivity contribution is 0.0588. The second-order valence-electron chi connectivity index (χ2n) is 7.35. The van der Waals surface area contributed by atoms with Gasteiger partial charge in [-0.1, -0.05) is 0 Å². The molecule has 1 aromatic heterocycles. The summed E-state index contributed by atoms with van der Waals surface area (Å²) in [5.41, 5.74) is 3.15. The number of aryl methyl sites for hydroxylation is 1. The summed E-state index contributed by atoms with van der Waals surface area (Å²) < 4.78 is 47.4. The summed E-state index contributed by atoms with van der Waals surface area (Å²) in [6.07, 6.45) is 4.04. The number of methoxy groups -OCH3 is 1. The topological polar surface area (TPSA) is 119 Å². The number of urea groups is 1. The van der Waals surface area contributed by atoms with Crippen molar-refractivity contribution < 1.29 is 27.1 Å². The summed E-state index contributed by atoms with van der Waals surface area (Å²) in [7, 11) is -1.79. The number of esters is 1. The van der Waals surface area contributed by atoms with Crippen LogP contribution in [0.4, 0.5) is 14.9 Å². The van der Waals surface area contributed by atoms with E-state index in [1.54, 1.807) is 0 Å². The average molecular weight is 436 g/mol. The number of carbonyl (C=O) groups is 2. The van der Waals surface area contributed by atoms with E-state index in [9.17, 15) is 22.4 Å². The molecule has 1 heterocycles. The van der Waals surface area contributed by atoms with Gasteiger partial charge in [-0.15, -0.1) is 0 Å². The zero-order chi connectivity index (χ0) is 21.6. The summed E-state index contributed by atoms with van der Waals surface area (Å²) in [6, 6.07) is 0.0597. The third kappa shape index (κ3) is 3.32. The average Bonchev–Trinajstić information content (AvgIpc) is 3.43. The molecule has 2 amide bonds. The number of amides is 2. The molecule has 2 aromatic rings. The van der Waals surface area contributed by atoms with Crippen LogP contribution in [0, 0.1) is 5.82 Å². The maximum atomic E-state index is 14.7. The molecular weight excluding hydrogens is 415 g/mol. The second kappa shape index (κ2) is 7.38. The van der Waals surface area contributed by atoms with Crippen molar-refractivity contribution >= 4 is 27.7 Å². The highest BCUT2D eigenvalue weighted by atomic mass is 32.2. The lowest BCUT2D eigenvalue weighted by Crippen LogP contribution is -2.35. The summed E-state index contributed by atoms with van der Waals surface area (Å²) >= 11 is 0. The van der Waals surface area contributed by atoms with Crippen molar-refractivity contribution in [1.82, 2.24) is 14.5 Å². The number of anilines is 1. The number of hydrogen-bond acceptors (Lipinski definition) is 6. The summed E-state index contributed by atoms with van der Waals surface area (Å²) in [5, 5.41) is 5.91. The van der Waals surface area contributed by atoms with Gasteiger partial charge in [0.15, 0.2) is 5.03 Å². The fraction of sp³-hybridized carbons (Fsp3) is 0.421. The zero-order valence-electron chi connectivity index (χ0n) is 16.5. The molecule has 2 aliphatic rings. The number of rotatable bonds is 4. The smallest absolute Gasteiger partial charge is 0.356 e. The highest BCUT2D eigenvalue weighted by Gasteiger charge is 2.31. The normalized spacial score (nSPS) is 14.9. The van der Waals surface area contributed by atoms with E-state index in [-0.39, 0.29) is 11.5 Å². The van der Waals surface area contributed by atoms with Gasteiger partial charge in [-0.05, 0) is 60.8 Å². The molecule has 0 unspecified atom stereocenters. The van der Waals surface area contributed by atoms with Crippen LogP contribution in [-0.4, -0.2) is 37.3 Å². The van der Waals surface area contributed by atoms with Crippen molar-refractivity contribution in [2.45, 2.75) is 43.6 Å². The monoisotopic (exact) mass is 436 g/mol. The van der Waals surface area contributed by atoms with E-state index >= 15 is 0 Å². The number of benzene rings is 1. The first kappa shape index (κ1) is 20.3. The predicted octanol–water partition coefficient (Wildman–Crippen LogP) is 1.83. The van der Waals surface area contributed by atoms with Crippen molar-refractivity contribution in [2.75, 3.05) is 12.4 Å². The van der Waals surface area contributed by atoms with E-state index in [0.717, 1.165) is 41.8 Å². The third-order valence-electron chi connectivity index (χ3n) is 5.56. The number of sulfonamides is 1. The third-order valence-corrected chi connectivity index (χ3v) is 6.77. The van der Waals surface area contributed by atoms with Crippen molar-refractivity contribution in [1.29, 1.82) is 0 Å². The molecule has 4 rings (SSSR count). The van der Waals surface area contributed by atoms with Crippen LogP contribution in [0.15, 0.2) is 11.1 Å². The number of fused-ring (bicyclic) bond motifs is 2. The lowest BCUT2D eigenvalue weighted by Gasteiger charge is -2.17. The van der Waals surface area contributed by atoms with Gasteiger partial charge in [-0.25, -0.2) is 18.7 Å². The molecule has 0 atom stereocenters. The summed E-state index contributed by atoms with van der Waals surface area (Å²) in [4.78, 5) is 24.2. The first-order chi connectivity index (χ1) is 14.2. The van der Waals surface area contributed by atoms with Gasteiger partial charge < -0.3 is 10.1 Å². The van der Waals surface area contributed by atoms with Crippen molar-refractivity contribution in [3.05, 3.63) is 39.8 Å². The minimum Gasteiger partial charge on any atom is -0.464 e. The summed E-state index contributed by atoms with van der Waals surface area (Å²) in [5.74, 6) is -0.939. The Balaban J connectivity index is 1.60. The Morgan fingerprint density at radius 2 is 1.67 bits per heavy atom. The minimum absolute atomic E-state index is 0.0764. The molecule has 0 radical (unpaired) electrons. The van der Waals surface area contributed by atoms with Crippen LogP contribution in [0.1, 0.15) is 45.6 Å². The lowest BCUT2D eigenvalue weighted by atomic mass is 9.98. The molecular formula is C19H21FN4O5S. The molecule has 0 bridgehead atoms. The van der Waals surface area contributed by atoms with Crippen LogP contribution in [0.5, 0.6) is 0 Å². The van der Waals surface area contributed by atoms with E-state index < -0.39 is 27.0 Å². The zero-order valence-corrected chi connectivity index (χ0v) is 17.4. The highest BCUT2D eigenvalue weighted by molar-refractivity contribution is 7.90. The van der Waals surface area contributed by atoms with Crippen LogP contribution < -0.4 is 10.0 Å². The van der Waals surface area contributed by atoms with Gasteiger partial charge in [0.05, 0.1) is 7.11 Å². The number of nitrogens with one attached hydrogen (secondary N) is 2. The Morgan fingerprint density at radius 3 is 2.23 bits per heavy atom. The Kier molecular flexibility index (Phi) is 5.00. The standard InChI is InChI=1S/C19H21FN4O5S/c1-24-14(18(25)29-2)9-15(22-24)30(27,28)23-19(26)21-17-12-7-3-5-10(12)16(20)11-6-4-8-13(11)17/h9H,3-8H2,1-2H3,(H2,21,23,26). The molecule has 160 valence electrons. The minimum atomic E-state index is -4.34. The number of halogens is 1. The van der Waals surface area contributed by atoms with Gasteiger partial charge >= 0.3 is 12.0 Å². The molecule has 0 spiro atoms. The molecule has 9 nitrogen and oxygen atoms in total. The first-order valence-electron chi connectivity index (χ1n) is 9.54. The molecule has 0 aliphatic heterocycles. The molecule has 0 fully saturated rings. The van der Waals surface area contributed by atoms with E-state index in [1.165, 1.54) is 7.05 Å². The molecule has 2 aliphatic carbocycles. The van der Waals surface area contributed by atoms with E-state index in [1.807, 2.05) is 4.72 Å². The van der Waals surface area contributed by atoms with Crippen LogP contribution >= 0.6 is 0 Å². The Hall–Kier alpha value is -2.95. The molecule has 0 saturated heterocycles. The van der Waals surface area contributed by atoms with E-state index in [4.69, 9.17) is 0 Å². The van der Waals surface area contributed by atoms with Crippen LogP contribution in [0.3, 0.4) is 0 Å². The SMILES string of the molecule is COC(=O)c1cc(S(=O)(=O)NC(=O)Nc2c3c(c(F)c4c2CCC4)CCC3)nn1C. The maximum Gasteiger partial charge on any atom is 0.356 e. The number of aromatic nitrogens is 2. The predicted molar refractivity (Wildman–Crippen MR) is 104 cm³/mol. The van der Waals surface area contributed by atoms with Crippen LogP contribution in [0.25, 0.3) is 0 Å². The Bertz CT molecular complexity index is 1140. The van der Waals surface area contributed by atoms with E-state index in [2.05, 4.69) is 15.2 Å².